The molecule has 1 aromatic rings. The maximum atomic E-state index is 13.1. The van der Waals surface area contributed by atoms with E-state index >= 15 is 0 Å². The van der Waals surface area contributed by atoms with Gasteiger partial charge in [0.2, 0.25) is 11.8 Å². The maximum Gasteiger partial charge on any atom is 0.416 e. The summed E-state index contributed by atoms with van der Waals surface area (Å²) in [6.45, 7) is 4.70. The fourth-order valence-electron chi connectivity index (χ4n) is 4.63. The van der Waals surface area contributed by atoms with Crippen LogP contribution in [0, 0.1) is 11.8 Å². The molecule has 0 spiro atoms. The van der Waals surface area contributed by atoms with Gasteiger partial charge >= 0.3 is 6.18 Å². The van der Waals surface area contributed by atoms with E-state index in [0.717, 1.165) is 62.9 Å². The van der Waals surface area contributed by atoms with Crippen LogP contribution < -0.4 is 0 Å². The average Bonchev–Trinajstić information content (AvgIpc) is 3.61. The quantitative estimate of drug-likeness (QED) is 0.725. The van der Waals surface area contributed by atoms with Gasteiger partial charge in [-0.1, -0.05) is 12.1 Å². The largest absolute Gasteiger partial charge is 0.416 e. The average molecular weight is 438 g/mol. The number of hydrogen-bond donors (Lipinski definition) is 0. The van der Waals surface area contributed by atoms with Crippen molar-refractivity contribution in [1.82, 2.24) is 14.7 Å². The molecule has 1 aliphatic carbocycles. The SMILES string of the molecule is O=C(C1CCCN(C(=O)C2CC2)C1)N1CCCN(Cc2ccc(C(F)(F)F)cc2)CC1. The lowest BCUT2D eigenvalue weighted by atomic mass is 9.96. The fraction of sp³-hybridized carbons (Fsp3) is 0.652. The number of halogens is 3. The van der Waals surface area contributed by atoms with E-state index in [1.165, 1.54) is 12.1 Å². The second-order valence-corrected chi connectivity index (χ2v) is 9.05. The van der Waals surface area contributed by atoms with E-state index in [0.29, 0.717) is 32.7 Å². The first-order chi connectivity index (χ1) is 14.8. The van der Waals surface area contributed by atoms with Crippen LogP contribution in [0.4, 0.5) is 13.2 Å². The summed E-state index contributed by atoms with van der Waals surface area (Å²) in [6.07, 6.45) is 0.190. The number of rotatable bonds is 4. The predicted octanol–water partition coefficient (Wildman–Crippen LogP) is 3.39. The molecule has 1 aromatic carbocycles. The molecule has 2 heterocycles. The van der Waals surface area contributed by atoms with E-state index < -0.39 is 11.7 Å². The Balaban J connectivity index is 1.29. The molecule has 4 rings (SSSR count). The molecule has 0 aromatic heterocycles. The van der Waals surface area contributed by atoms with Crippen molar-refractivity contribution in [1.29, 1.82) is 0 Å². The van der Waals surface area contributed by atoms with Gasteiger partial charge in [-0.05, 0) is 49.8 Å². The third-order valence-corrected chi connectivity index (χ3v) is 6.60. The standard InChI is InChI=1S/C23H30F3N3O2/c24-23(25,26)20-8-4-17(5-9-20)15-27-10-2-12-28(14-13-27)22(31)19-3-1-11-29(16-19)21(30)18-6-7-18/h4-5,8-9,18-19H,1-3,6-7,10-16H2. The zero-order valence-electron chi connectivity index (χ0n) is 17.7. The number of hydrogen-bond acceptors (Lipinski definition) is 3. The van der Waals surface area contributed by atoms with E-state index in [9.17, 15) is 22.8 Å². The minimum Gasteiger partial charge on any atom is -0.342 e. The zero-order chi connectivity index (χ0) is 22.0. The lowest BCUT2D eigenvalue weighted by Crippen LogP contribution is -2.47. The molecule has 0 radical (unpaired) electrons. The number of benzene rings is 1. The maximum absolute atomic E-state index is 13.1. The summed E-state index contributed by atoms with van der Waals surface area (Å²) in [5, 5.41) is 0. The predicted molar refractivity (Wildman–Crippen MR) is 110 cm³/mol. The highest BCUT2D eigenvalue weighted by Crippen LogP contribution is 2.33. The first-order valence-corrected chi connectivity index (χ1v) is 11.3. The normalized spacial score (nSPS) is 23.5. The second-order valence-electron chi connectivity index (χ2n) is 9.05. The van der Waals surface area contributed by atoms with Gasteiger partial charge in [0.05, 0.1) is 11.5 Å². The monoisotopic (exact) mass is 437 g/mol. The number of carbonyl (C=O) groups is 2. The molecule has 1 saturated carbocycles. The van der Waals surface area contributed by atoms with E-state index in [2.05, 4.69) is 4.90 Å². The van der Waals surface area contributed by atoms with E-state index in [1.807, 2.05) is 9.80 Å². The minimum absolute atomic E-state index is 0.113. The van der Waals surface area contributed by atoms with Gasteiger partial charge in [-0.2, -0.15) is 13.2 Å². The fourth-order valence-corrected chi connectivity index (χ4v) is 4.63. The minimum atomic E-state index is -4.32. The third-order valence-electron chi connectivity index (χ3n) is 6.60. The Morgan fingerprint density at radius 2 is 1.48 bits per heavy atom. The molecule has 0 N–H and O–H groups in total. The van der Waals surface area contributed by atoms with E-state index in [1.54, 1.807) is 0 Å². The molecule has 3 aliphatic rings. The van der Waals surface area contributed by atoms with Crippen molar-refractivity contribution >= 4 is 11.8 Å². The van der Waals surface area contributed by atoms with Crippen LogP contribution in [-0.4, -0.2) is 65.8 Å². The summed E-state index contributed by atoms with van der Waals surface area (Å²) in [6, 6.07) is 5.32. The van der Waals surface area contributed by atoms with Crippen LogP contribution in [0.3, 0.4) is 0 Å². The highest BCUT2D eigenvalue weighted by atomic mass is 19.4. The molecule has 0 bridgehead atoms. The Labute approximate surface area is 181 Å². The Hall–Kier alpha value is -2.09. The number of nitrogens with zero attached hydrogens (tertiary/aromatic N) is 3. The van der Waals surface area contributed by atoms with Crippen LogP contribution in [0.1, 0.15) is 43.2 Å². The summed E-state index contributed by atoms with van der Waals surface area (Å²) in [7, 11) is 0. The number of likely N-dealkylation sites (tertiary alicyclic amines) is 1. The van der Waals surface area contributed by atoms with Crippen LogP contribution >= 0.6 is 0 Å². The van der Waals surface area contributed by atoms with Crippen molar-refractivity contribution in [2.45, 2.75) is 44.8 Å². The first-order valence-electron chi connectivity index (χ1n) is 11.3. The summed E-state index contributed by atoms with van der Waals surface area (Å²) in [4.78, 5) is 31.5. The topological polar surface area (TPSA) is 43.9 Å². The van der Waals surface area contributed by atoms with Crippen molar-refractivity contribution in [3.63, 3.8) is 0 Å². The lowest BCUT2D eigenvalue weighted by Gasteiger charge is -2.35. The lowest BCUT2D eigenvalue weighted by molar-refractivity contribution is -0.141. The van der Waals surface area contributed by atoms with Gasteiger partial charge in [-0.3, -0.25) is 14.5 Å². The van der Waals surface area contributed by atoms with Crippen LogP contribution in [0.25, 0.3) is 0 Å². The molecule has 8 heteroatoms. The van der Waals surface area contributed by atoms with Gasteiger partial charge in [0.15, 0.2) is 0 Å². The molecule has 2 saturated heterocycles. The second kappa shape index (κ2) is 9.18. The van der Waals surface area contributed by atoms with Gasteiger partial charge in [-0.25, -0.2) is 0 Å². The highest BCUT2D eigenvalue weighted by molar-refractivity contribution is 5.83. The summed E-state index contributed by atoms with van der Waals surface area (Å²) >= 11 is 0. The van der Waals surface area contributed by atoms with Crippen molar-refractivity contribution in [2.75, 3.05) is 39.3 Å². The Morgan fingerprint density at radius 1 is 0.806 bits per heavy atom. The molecule has 5 nitrogen and oxygen atoms in total. The van der Waals surface area contributed by atoms with Crippen LogP contribution in [0.5, 0.6) is 0 Å². The molecule has 2 amide bonds. The molecule has 170 valence electrons. The van der Waals surface area contributed by atoms with E-state index in [-0.39, 0.29) is 23.7 Å². The van der Waals surface area contributed by atoms with Gasteiger partial charge < -0.3 is 9.80 Å². The molecular weight excluding hydrogens is 407 g/mol. The van der Waals surface area contributed by atoms with Gasteiger partial charge in [-0.15, -0.1) is 0 Å². The molecule has 2 aliphatic heterocycles. The summed E-state index contributed by atoms with van der Waals surface area (Å²) in [5.74, 6) is 0.435. The van der Waals surface area contributed by atoms with Crippen molar-refractivity contribution in [3.05, 3.63) is 35.4 Å². The van der Waals surface area contributed by atoms with Crippen LogP contribution in [0.15, 0.2) is 24.3 Å². The zero-order valence-corrected chi connectivity index (χ0v) is 17.7. The first kappa shape index (κ1) is 22.1. The Morgan fingerprint density at radius 3 is 2.16 bits per heavy atom. The summed E-state index contributed by atoms with van der Waals surface area (Å²) < 4.78 is 38.2. The van der Waals surface area contributed by atoms with Gasteiger partial charge in [0.1, 0.15) is 0 Å². The Kier molecular flexibility index (Phi) is 6.55. The number of amides is 2. The van der Waals surface area contributed by atoms with E-state index in [4.69, 9.17) is 0 Å². The molecule has 3 fully saturated rings. The van der Waals surface area contributed by atoms with Crippen molar-refractivity contribution in [3.8, 4) is 0 Å². The highest BCUT2D eigenvalue weighted by Gasteiger charge is 2.37. The molecular formula is C23H30F3N3O2. The number of piperidine rings is 1. The van der Waals surface area contributed by atoms with Crippen LogP contribution in [0.2, 0.25) is 0 Å². The van der Waals surface area contributed by atoms with Gasteiger partial charge in [0, 0.05) is 51.7 Å². The smallest absolute Gasteiger partial charge is 0.342 e. The van der Waals surface area contributed by atoms with Crippen molar-refractivity contribution < 1.29 is 22.8 Å². The van der Waals surface area contributed by atoms with Crippen molar-refractivity contribution in [2.24, 2.45) is 11.8 Å². The summed E-state index contributed by atoms with van der Waals surface area (Å²) in [5.41, 5.74) is 0.208. The molecule has 31 heavy (non-hydrogen) atoms. The number of alkyl halides is 3. The molecule has 1 unspecified atom stereocenters. The van der Waals surface area contributed by atoms with Gasteiger partial charge in [0.25, 0.3) is 0 Å². The van der Waals surface area contributed by atoms with Crippen LogP contribution in [-0.2, 0) is 22.3 Å². The molecule has 1 atom stereocenters. The Bertz CT molecular complexity index is 792. The third kappa shape index (κ3) is 5.59. The number of carbonyl (C=O) groups excluding carboxylic acids is 2.